The molecule has 0 aliphatic rings. The topological polar surface area (TPSA) is 41.1 Å². The van der Waals surface area contributed by atoms with Crippen molar-refractivity contribution in [3.05, 3.63) is 57.8 Å². The molecule has 0 aliphatic carbocycles. The van der Waals surface area contributed by atoms with Gasteiger partial charge in [-0.3, -0.25) is 4.79 Å². The molecule has 0 aliphatic heterocycles. The van der Waals surface area contributed by atoms with E-state index in [1.165, 1.54) is 12.1 Å². The van der Waals surface area contributed by atoms with Crippen LogP contribution in [0, 0.1) is 12.7 Å². The van der Waals surface area contributed by atoms with Gasteiger partial charge in [-0.1, -0.05) is 29.3 Å². The Kier molecular flexibility index (Phi) is 5.63. The third-order valence-electron chi connectivity index (χ3n) is 3.06. The van der Waals surface area contributed by atoms with Gasteiger partial charge in [-0.2, -0.15) is 0 Å². The Hall–Kier alpha value is -1.78. The largest absolute Gasteiger partial charge is 0.384 e. The van der Waals surface area contributed by atoms with Gasteiger partial charge in [0, 0.05) is 29.4 Å². The zero-order chi connectivity index (χ0) is 16.1. The molecule has 0 saturated carbocycles. The van der Waals surface area contributed by atoms with Gasteiger partial charge in [0.2, 0.25) is 5.91 Å². The predicted molar refractivity (Wildman–Crippen MR) is 89.3 cm³/mol. The van der Waals surface area contributed by atoms with Crippen molar-refractivity contribution in [3.8, 4) is 0 Å². The SMILES string of the molecule is Cc1ccc(NC(=O)CCNc2ccc(F)c(Cl)c2)cc1Cl. The lowest BCUT2D eigenvalue weighted by atomic mass is 10.2. The van der Waals surface area contributed by atoms with Gasteiger partial charge in [0.25, 0.3) is 0 Å². The Morgan fingerprint density at radius 3 is 2.45 bits per heavy atom. The van der Waals surface area contributed by atoms with Crippen molar-refractivity contribution in [1.29, 1.82) is 0 Å². The van der Waals surface area contributed by atoms with Crippen LogP contribution in [0.3, 0.4) is 0 Å². The molecule has 0 bridgehead atoms. The molecule has 2 aromatic rings. The number of benzene rings is 2. The van der Waals surface area contributed by atoms with Crippen LogP contribution in [-0.2, 0) is 4.79 Å². The number of aryl methyl sites for hydroxylation is 1. The third kappa shape index (κ3) is 4.61. The Morgan fingerprint density at radius 2 is 1.77 bits per heavy atom. The summed E-state index contributed by atoms with van der Waals surface area (Å²) in [5.41, 5.74) is 2.28. The van der Waals surface area contributed by atoms with Crippen molar-refractivity contribution in [2.45, 2.75) is 13.3 Å². The van der Waals surface area contributed by atoms with Crippen LogP contribution in [0.1, 0.15) is 12.0 Å². The van der Waals surface area contributed by atoms with Crippen LogP contribution in [0.25, 0.3) is 0 Å². The maximum atomic E-state index is 13.0. The summed E-state index contributed by atoms with van der Waals surface area (Å²) in [5, 5.41) is 6.43. The summed E-state index contributed by atoms with van der Waals surface area (Å²) in [6.45, 7) is 2.30. The zero-order valence-corrected chi connectivity index (χ0v) is 13.4. The maximum absolute atomic E-state index is 13.0. The molecule has 2 N–H and O–H groups in total. The number of halogens is 3. The molecule has 0 saturated heterocycles. The first kappa shape index (κ1) is 16.6. The van der Waals surface area contributed by atoms with Crippen molar-refractivity contribution >= 4 is 40.5 Å². The second kappa shape index (κ2) is 7.47. The van der Waals surface area contributed by atoms with E-state index in [1.807, 2.05) is 13.0 Å². The summed E-state index contributed by atoms with van der Waals surface area (Å²) in [6, 6.07) is 9.68. The van der Waals surface area contributed by atoms with Gasteiger partial charge in [-0.25, -0.2) is 4.39 Å². The molecule has 0 atom stereocenters. The van der Waals surface area contributed by atoms with Crippen molar-refractivity contribution in [2.24, 2.45) is 0 Å². The van der Waals surface area contributed by atoms with Crippen LogP contribution in [0.4, 0.5) is 15.8 Å². The lowest BCUT2D eigenvalue weighted by Gasteiger charge is -2.09. The fourth-order valence-corrected chi connectivity index (χ4v) is 2.18. The molecule has 0 spiro atoms. The maximum Gasteiger partial charge on any atom is 0.226 e. The van der Waals surface area contributed by atoms with Crippen LogP contribution in [0.15, 0.2) is 36.4 Å². The first-order chi connectivity index (χ1) is 10.5. The summed E-state index contributed by atoms with van der Waals surface area (Å²) < 4.78 is 13.0. The van der Waals surface area contributed by atoms with Crippen LogP contribution in [0.2, 0.25) is 10.0 Å². The van der Waals surface area contributed by atoms with Gasteiger partial charge in [0.05, 0.1) is 5.02 Å². The molecule has 0 heterocycles. The monoisotopic (exact) mass is 340 g/mol. The molecule has 0 aromatic heterocycles. The van der Waals surface area contributed by atoms with E-state index < -0.39 is 5.82 Å². The molecular formula is C16H15Cl2FN2O. The van der Waals surface area contributed by atoms with Gasteiger partial charge in [-0.15, -0.1) is 0 Å². The van der Waals surface area contributed by atoms with E-state index in [2.05, 4.69) is 10.6 Å². The van der Waals surface area contributed by atoms with E-state index in [4.69, 9.17) is 23.2 Å². The number of anilines is 2. The van der Waals surface area contributed by atoms with Gasteiger partial charge < -0.3 is 10.6 Å². The number of rotatable bonds is 5. The summed E-state index contributed by atoms with van der Waals surface area (Å²) in [4.78, 5) is 11.8. The van der Waals surface area contributed by atoms with E-state index in [0.717, 1.165) is 5.56 Å². The first-order valence-corrected chi connectivity index (χ1v) is 7.46. The fraction of sp³-hybridized carbons (Fsp3) is 0.188. The standard InChI is InChI=1S/C16H15Cl2FN2O/c1-10-2-3-12(9-13(10)17)21-16(22)6-7-20-11-4-5-15(19)14(18)8-11/h2-5,8-9,20H,6-7H2,1H3,(H,21,22). The molecular weight excluding hydrogens is 326 g/mol. The highest BCUT2D eigenvalue weighted by molar-refractivity contribution is 6.31. The average molecular weight is 341 g/mol. The lowest BCUT2D eigenvalue weighted by molar-refractivity contribution is -0.115. The minimum atomic E-state index is -0.471. The summed E-state index contributed by atoms with van der Waals surface area (Å²) in [7, 11) is 0. The van der Waals surface area contributed by atoms with Crippen LogP contribution in [-0.4, -0.2) is 12.5 Å². The third-order valence-corrected chi connectivity index (χ3v) is 3.75. The van der Waals surface area contributed by atoms with Gasteiger partial charge >= 0.3 is 0 Å². The van der Waals surface area contributed by atoms with E-state index >= 15 is 0 Å². The minimum absolute atomic E-state index is 0.0451. The molecule has 0 radical (unpaired) electrons. The Balaban J connectivity index is 1.82. The second-order valence-electron chi connectivity index (χ2n) is 4.82. The molecule has 2 rings (SSSR count). The van der Waals surface area contributed by atoms with Gasteiger partial charge in [0.1, 0.15) is 5.82 Å². The molecule has 6 heteroatoms. The van der Waals surface area contributed by atoms with Crippen molar-refractivity contribution < 1.29 is 9.18 Å². The first-order valence-electron chi connectivity index (χ1n) is 6.70. The van der Waals surface area contributed by atoms with Crippen LogP contribution < -0.4 is 10.6 Å². The van der Waals surface area contributed by atoms with Gasteiger partial charge in [0.15, 0.2) is 0 Å². The number of nitrogens with one attached hydrogen (secondary N) is 2. The molecule has 2 aromatic carbocycles. The number of amides is 1. The normalized spacial score (nSPS) is 10.4. The summed E-state index contributed by atoms with van der Waals surface area (Å²) in [6.07, 6.45) is 0.264. The van der Waals surface area contributed by atoms with Crippen LogP contribution >= 0.6 is 23.2 Å². The van der Waals surface area contributed by atoms with E-state index in [1.54, 1.807) is 18.2 Å². The number of hydrogen-bond acceptors (Lipinski definition) is 2. The molecule has 0 unspecified atom stereocenters. The fourth-order valence-electron chi connectivity index (χ4n) is 1.82. The average Bonchev–Trinajstić information content (AvgIpc) is 2.47. The molecule has 3 nitrogen and oxygen atoms in total. The highest BCUT2D eigenvalue weighted by Crippen LogP contribution is 2.21. The second-order valence-corrected chi connectivity index (χ2v) is 5.63. The van der Waals surface area contributed by atoms with Crippen LogP contribution in [0.5, 0.6) is 0 Å². The van der Waals surface area contributed by atoms with Crippen molar-refractivity contribution in [2.75, 3.05) is 17.2 Å². The van der Waals surface area contributed by atoms with E-state index in [9.17, 15) is 9.18 Å². The quantitative estimate of drug-likeness (QED) is 0.814. The van der Waals surface area contributed by atoms with Gasteiger partial charge in [-0.05, 0) is 42.8 Å². The Morgan fingerprint density at radius 1 is 1.09 bits per heavy atom. The zero-order valence-electron chi connectivity index (χ0n) is 11.9. The molecule has 22 heavy (non-hydrogen) atoms. The Bertz CT molecular complexity index is 692. The number of carbonyl (C=O) groups is 1. The summed E-state index contributed by atoms with van der Waals surface area (Å²) >= 11 is 11.7. The molecule has 0 fully saturated rings. The summed E-state index contributed by atoms with van der Waals surface area (Å²) in [5.74, 6) is -0.609. The van der Waals surface area contributed by atoms with E-state index in [0.29, 0.717) is 22.9 Å². The number of carbonyl (C=O) groups excluding carboxylic acids is 1. The van der Waals surface area contributed by atoms with E-state index in [-0.39, 0.29) is 17.4 Å². The Labute approximate surface area is 138 Å². The predicted octanol–water partition coefficient (Wildman–Crippen LogP) is 4.88. The minimum Gasteiger partial charge on any atom is -0.384 e. The van der Waals surface area contributed by atoms with Crippen molar-refractivity contribution in [1.82, 2.24) is 0 Å². The highest BCUT2D eigenvalue weighted by atomic mass is 35.5. The molecule has 1 amide bonds. The smallest absolute Gasteiger partial charge is 0.226 e. The lowest BCUT2D eigenvalue weighted by Crippen LogP contribution is -2.16. The molecule has 116 valence electrons. The van der Waals surface area contributed by atoms with Crippen molar-refractivity contribution in [3.63, 3.8) is 0 Å². The highest BCUT2D eigenvalue weighted by Gasteiger charge is 2.05. The number of hydrogen-bond donors (Lipinski definition) is 2.